The minimum atomic E-state index is 0.879. The Kier molecular flexibility index (Phi) is 2.97. The van der Waals surface area contributed by atoms with E-state index in [-0.39, 0.29) is 0 Å². The summed E-state index contributed by atoms with van der Waals surface area (Å²) in [5.41, 5.74) is 6.74. The third-order valence-electron chi connectivity index (χ3n) is 3.88. The molecule has 3 aromatic heterocycles. The molecule has 0 aliphatic rings. The van der Waals surface area contributed by atoms with Crippen molar-refractivity contribution < 1.29 is 0 Å². The number of hydrogen-bond donors (Lipinski definition) is 0. The first kappa shape index (κ1) is 13.6. The SMILES string of the molecule is Cc1cccc(-c2nn(C)cc2-c2ccc3nnn(C)c3c2)n1. The fraction of sp³-hybridized carbons (Fsp3) is 0.176. The molecule has 0 radical (unpaired) electrons. The smallest absolute Gasteiger partial charge is 0.118 e. The molecule has 0 saturated heterocycles. The van der Waals surface area contributed by atoms with Crippen LogP contribution in [0.4, 0.5) is 0 Å². The molecule has 0 bridgehead atoms. The molecule has 3 heterocycles. The number of nitrogens with zero attached hydrogens (tertiary/aromatic N) is 6. The molecular weight excluding hydrogens is 288 g/mol. The lowest BCUT2D eigenvalue weighted by molar-refractivity contribution is 0.736. The highest BCUT2D eigenvalue weighted by Gasteiger charge is 2.14. The van der Waals surface area contributed by atoms with Crippen LogP contribution in [0.5, 0.6) is 0 Å². The van der Waals surface area contributed by atoms with E-state index in [0.717, 1.165) is 39.2 Å². The fourth-order valence-electron chi connectivity index (χ4n) is 2.76. The Morgan fingerprint density at radius 1 is 1.04 bits per heavy atom. The average molecular weight is 304 g/mol. The topological polar surface area (TPSA) is 61.4 Å². The van der Waals surface area contributed by atoms with Crippen LogP contribution >= 0.6 is 0 Å². The van der Waals surface area contributed by atoms with Crippen LogP contribution in [0.25, 0.3) is 33.5 Å². The summed E-state index contributed by atoms with van der Waals surface area (Å²) in [5.74, 6) is 0. The molecule has 0 aliphatic heterocycles. The summed E-state index contributed by atoms with van der Waals surface area (Å²) < 4.78 is 3.60. The molecule has 0 amide bonds. The third kappa shape index (κ3) is 2.28. The molecule has 4 rings (SSSR count). The predicted molar refractivity (Wildman–Crippen MR) is 88.7 cm³/mol. The van der Waals surface area contributed by atoms with Crippen molar-refractivity contribution in [1.82, 2.24) is 29.8 Å². The van der Waals surface area contributed by atoms with Crippen LogP contribution in [0.2, 0.25) is 0 Å². The number of benzene rings is 1. The van der Waals surface area contributed by atoms with Gasteiger partial charge in [0.15, 0.2) is 0 Å². The van der Waals surface area contributed by atoms with E-state index in [2.05, 4.69) is 26.5 Å². The highest BCUT2D eigenvalue weighted by molar-refractivity contribution is 5.86. The van der Waals surface area contributed by atoms with Crippen molar-refractivity contribution in [1.29, 1.82) is 0 Å². The van der Waals surface area contributed by atoms with E-state index in [1.165, 1.54) is 0 Å². The molecule has 6 heteroatoms. The molecule has 0 N–H and O–H groups in total. The zero-order chi connectivity index (χ0) is 16.0. The Labute approximate surface area is 133 Å². The van der Waals surface area contributed by atoms with E-state index in [4.69, 9.17) is 0 Å². The maximum atomic E-state index is 4.61. The minimum absolute atomic E-state index is 0.879. The van der Waals surface area contributed by atoms with Gasteiger partial charge in [0.25, 0.3) is 0 Å². The van der Waals surface area contributed by atoms with Crippen molar-refractivity contribution in [3.05, 3.63) is 48.3 Å². The van der Waals surface area contributed by atoms with Crippen LogP contribution in [0, 0.1) is 6.92 Å². The molecule has 0 atom stereocenters. The van der Waals surface area contributed by atoms with Crippen LogP contribution in [-0.4, -0.2) is 29.8 Å². The van der Waals surface area contributed by atoms with Crippen molar-refractivity contribution in [2.24, 2.45) is 14.1 Å². The highest BCUT2D eigenvalue weighted by atomic mass is 15.4. The number of hydrogen-bond acceptors (Lipinski definition) is 4. The maximum Gasteiger partial charge on any atom is 0.118 e. The molecule has 6 nitrogen and oxygen atoms in total. The van der Waals surface area contributed by atoms with Crippen LogP contribution in [0.15, 0.2) is 42.6 Å². The quantitative estimate of drug-likeness (QED) is 0.571. The first-order chi connectivity index (χ1) is 11.1. The molecule has 0 fully saturated rings. The Balaban J connectivity index is 1.92. The monoisotopic (exact) mass is 304 g/mol. The van der Waals surface area contributed by atoms with Crippen molar-refractivity contribution in [3.8, 4) is 22.5 Å². The molecule has 0 aliphatic carbocycles. The second-order valence-corrected chi connectivity index (χ2v) is 5.65. The van der Waals surface area contributed by atoms with Gasteiger partial charge in [-0.15, -0.1) is 5.10 Å². The van der Waals surface area contributed by atoms with Crippen molar-refractivity contribution in [2.75, 3.05) is 0 Å². The molecule has 0 spiro atoms. The fourth-order valence-corrected chi connectivity index (χ4v) is 2.76. The number of fused-ring (bicyclic) bond motifs is 1. The van der Waals surface area contributed by atoms with Crippen LogP contribution < -0.4 is 0 Å². The number of pyridine rings is 1. The van der Waals surface area contributed by atoms with E-state index >= 15 is 0 Å². The highest BCUT2D eigenvalue weighted by Crippen LogP contribution is 2.31. The summed E-state index contributed by atoms with van der Waals surface area (Å²) in [6.45, 7) is 1.99. The molecule has 1 aromatic carbocycles. The Morgan fingerprint density at radius 3 is 2.74 bits per heavy atom. The van der Waals surface area contributed by atoms with Gasteiger partial charge in [0.05, 0.1) is 11.2 Å². The van der Waals surface area contributed by atoms with Gasteiger partial charge in [-0.05, 0) is 36.8 Å². The average Bonchev–Trinajstić information content (AvgIpc) is 3.11. The van der Waals surface area contributed by atoms with E-state index in [0.29, 0.717) is 0 Å². The lowest BCUT2D eigenvalue weighted by Gasteiger charge is -2.04. The van der Waals surface area contributed by atoms with Crippen molar-refractivity contribution >= 4 is 11.0 Å². The third-order valence-corrected chi connectivity index (χ3v) is 3.88. The van der Waals surface area contributed by atoms with Gasteiger partial charge in [0, 0.05) is 31.5 Å². The van der Waals surface area contributed by atoms with Gasteiger partial charge >= 0.3 is 0 Å². The molecule has 0 unspecified atom stereocenters. The zero-order valence-electron chi connectivity index (χ0n) is 13.2. The maximum absolute atomic E-state index is 4.61. The van der Waals surface area contributed by atoms with E-state index in [1.54, 1.807) is 4.68 Å². The van der Waals surface area contributed by atoms with Gasteiger partial charge in [-0.2, -0.15) is 5.10 Å². The number of aryl methyl sites for hydroxylation is 3. The Hall–Kier alpha value is -3.02. The minimum Gasteiger partial charge on any atom is -0.274 e. The molecule has 23 heavy (non-hydrogen) atoms. The summed E-state index contributed by atoms with van der Waals surface area (Å²) in [5, 5.41) is 12.8. The normalized spacial score (nSPS) is 11.3. The molecule has 0 saturated carbocycles. The first-order valence-corrected chi connectivity index (χ1v) is 7.39. The first-order valence-electron chi connectivity index (χ1n) is 7.39. The molecule has 114 valence electrons. The summed E-state index contributed by atoms with van der Waals surface area (Å²) >= 11 is 0. The van der Waals surface area contributed by atoms with E-state index in [1.807, 2.05) is 62.2 Å². The van der Waals surface area contributed by atoms with Gasteiger partial charge in [-0.1, -0.05) is 17.3 Å². The summed E-state index contributed by atoms with van der Waals surface area (Å²) in [7, 11) is 3.82. The second kappa shape index (κ2) is 5.01. The number of aromatic nitrogens is 6. The Bertz CT molecular complexity index is 1010. The van der Waals surface area contributed by atoms with E-state index < -0.39 is 0 Å². The largest absolute Gasteiger partial charge is 0.274 e. The lowest BCUT2D eigenvalue weighted by atomic mass is 10.0. The van der Waals surface area contributed by atoms with Gasteiger partial charge < -0.3 is 0 Å². The zero-order valence-corrected chi connectivity index (χ0v) is 13.2. The summed E-state index contributed by atoms with van der Waals surface area (Å²) in [4.78, 5) is 4.61. The van der Waals surface area contributed by atoms with Crippen LogP contribution in [0.1, 0.15) is 5.69 Å². The number of rotatable bonds is 2. The predicted octanol–water partition coefficient (Wildman–Crippen LogP) is 2.74. The van der Waals surface area contributed by atoms with Crippen molar-refractivity contribution in [3.63, 3.8) is 0 Å². The Morgan fingerprint density at radius 2 is 1.91 bits per heavy atom. The van der Waals surface area contributed by atoms with Gasteiger partial charge in [-0.25, -0.2) is 4.68 Å². The summed E-state index contributed by atoms with van der Waals surface area (Å²) in [6.07, 6.45) is 2.02. The van der Waals surface area contributed by atoms with Crippen molar-refractivity contribution in [2.45, 2.75) is 6.92 Å². The summed E-state index contributed by atoms with van der Waals surface area (Å²) in [6, 6.07) is 12.1. The van der Waals surface area contributed by atoms with Gasteiger partial charge in [0.2, 0.25) is 0 Å². The second-order valence-electron chi connectivity index (χ2n) is 5.65. The van der Waals surface area contributed by atoms with Gasteiger partial charge in [-0.3, -0.25) is 9.67 Å². The van der Waals surface area contributed by atoms with Crippen LogP contribution in [-0.2, 0) is 14.1 Å². The van der Waals surface area contributed by atoms with Gasteiger partial charge in [0.1, 0.15) is 11.2 Å². The standard InChI is InChI=1S/C17H16N6/c1-11-5-4-6-15(18-11)17-13(10-22(2)20-17)12-7-8-14-16(9-12)23(3)21-19-14/h4-10H,1-3H3. The molecule has 4 aromatic rings. The lowest BCUT2D eigenvalue weighted by Crippen LogP contribution is -1.91. The molecular formula is C17H16N6. The van der Waals surface area contributed by atoms with E-state index in [9.17, 15) is 0 Å². The van der Waals surface area contributed by atoms with Crippen LogP contribution in [0.3, 0.4) is 0 Å².